The highest BCUT2D eigenvalue weighted by Gasteiger charge is 2.51. The summed E-state index contributed by atoms with van der Waals surface area (Å²) in [4.78, 5) is 0. The highest BCUT2D eigenvalue weighted by Crippen LogP contribution is 2.48. The fraction of sp³-hybridized carbons (Fsp3) is 1.00. The average Bonchev–Trinajstić information content (AvgIpc) is 2.29. The summed E-state index contributed by atoms with van der Waals surface area (Å²) in [6.07, 6.45) is 1.31. The molecule has 1 heterocycles. The van der Waals surface area contributed by atoms with Crippen LogP contribution in [0.1, 0.15) is 41.0 Å². The van der Waals surface area contributed by atoms with E-state index >= 15 is 0 Å². The summed E-state index contributed by atoms with van der Waals surface area (Å²) in [5.41, 5.74) is 6.62. The number of ether oxygens (including phenoxy) is 1. The first-order valence-electron chi connectivity index (χ1n) is 5.22. The molecule has 0 bridgehead atoms. The van der Waals surface area contributed by atoms with Crippen LogP contribution in [0.3, 0.4) is 0 Å². The summed E-state index contributed by atoms with van der Waals surface area (Å²) in [5, 5.41) is 0. The molecule has 0 aromatic heterocycles. The highest BCUT2D eigenvalue weighted by molar-refractivity contribution is 5.03. The van der Waals surface area contributed by atoms with Crippen molar-refractivity contribution in [3.63, 3.8) is 0 Å². The molecule has 2 N–H and O–H groups in total. The Labute approximate surface area is 81.8 Å². The molecule has 1 saturated heterocycles. The van der Waals surface area contributed by atoms with Crippen molar-refractivity contribution in [1.82, 2.24) is 0 Å². The Morgan fingerprint density at radius 3 is 2.15 bits per heavy atom. The van der Waals surface area contributed by atoms with Gasteiger partial charge in [0, 0.05) is 11.5 Å². The van der Waals surface area contributed by atoms with Gasteiger partial charge in [-0.1, -0.05) is 27.7 Å². The summed E-state index contributed by atoms with van der Waals surface area (Å²) < 4.78 is 5.67. The van der Waals surface area contributed by atoms with Gasteiger partial charge in [-0.2, -0.15) is 0 Å². The molecule has 0 spiro atoms. The molecule has 2 nitrogen and oxygen atoms in total. The van der Waals surface area contributed by atoms with Gasteiger partial charge in [-0.05, 0) is 18.8 Å². The van der Waals surface area contributed by atoms with Gasteiger partial charge >= 0.3 is 0 Å². The Hall–Kier alpha value is -0.0800. The quantitative estimate of drug-likeness (QED) is 0.679. The average molecular weight is 185 g/mol. The molecule has 1 aliphatic rings. The number of hydrogen-bond acceptors (Lipinski definition) is 2. The van der Waals surface area contributed by atoms with E-state index in [1.165, 1.54) is 0 Å². The first-order chi connectivity index (χ1) is 5.85. The lowest BCUT2D eigenvalue weighted by Crippen LogP contribution is -2.50. The maximum atomic E-state index is 6.23. The molecule has 0 amide bonds. The molecule has 1 fully saturated rings. The Morgan fingerprint density at radius 1 is 1.46 bits per heavy atom. The van der Waals surface area contributed by atoms with E-state index in [-0.39, 0.29) is 23.0 Å². The Bertz CT molecular complexity index is 185. The van der Waals surface area contributed by atoms with E-state index in [9.17, 15) is 0 Å². The summed E-state index contributed by atoms with van der Waals surface area (Å²) in [5.74, 6) is 0. The van der Waals surface area contributed by atoms with Crippen LogP contribution in [0.25, 0.3) is 0 Å². The van der Waals surface area contributed by atoms with E-state index in [1.807, 2.05) is 0 Å². The van der Waals surface area contributed by atoms with Crippen LogP contribution < -0.4 is 5.73 Å². The molecule has 1 aliphatic heterocycles. The van der Waals surface area contributed by atoms with E-state index < -0.39 is 0 Å². The fourth-order valence-electron chi connectivity index (χ4n) is 2.51. The van der Waals surface area contributed by atoms with Crippen molar-refractivity contribution in [1.29, 1.82) is 0 Å². The molecular weight excluding hydrogens is 162 g/mol. The van der Waals surface area contributed by atoms with E-state index in [4.69, 9.17) is 10.5 Å². The maximum Gasteiger partial charge on any atom is 0.0704 e. The summed E-state index contributed by atoms with van der Waals surface area (Å²) in [6.45, 7) is 11.9. The lowest BCUT2D eigenvalue weighted by atomic mass is 9.61. The van der Waals surface area contributed by atoms with Gasteiger partial charge in [-0.25, -0.2) is 0 Å². The molecule has 0 aliphatic carbocycles. The van der Waals surface area contributed by atoms with Crippen LogP contribution in [-0.4, -0.2) is 18.8 Å². The molecule has 0 radical (unpaired) electrons. The minimum atomic E-state index is 0.159. The van der Waals surface area contributed by atoms with Crippen molar-refractivity contribution in [3.8, 4) is 0 Å². The van der Waals surface area contributed by atoms with E-state index in [2.05, 4.69) is 34.6 Å². The number of hydrogen-bond donors (Lipinski definition) is 1. The first kappa shape index (κ1) is 11.0. The summed E-state index contributed by atoms with van der Waals surface area (Å²) >= 11 is 0. The van der Waals surface area contributed by atoms with Crippen molar-refractivity contribution in [2.24, 2.45) is 16.6 Å². The zero-order valence-corrected chi connectivity index (χ0v) is 9.55. The van der Waals surface area contributed by atoms with E-state index in [0.29, 0.717) is 0 Å². The van der Waals surface area contributed by atoms with Crippen LogP contribution in [0, 0.1) is 10.8 Å². The molecule has 1 rings (SSSR count). The molecule has 1 unspecified atom stereocenters. The van der Waals surface area contributed by atoms with Crippen LogP contribution >= 0.6 is 0 Å². The maximum absolute atomic E-state index is 6.23. The molecule has 13 heavy (non-hydrogen) atoms. The normalized spacial score (nSPS) is 41.1. The zero-order valence-electron chi connectivity index (χ0n) is 9.55. The van der Waals surface area contributed by atoms with E-state index in [0.717, 1.165) is 13.0 Å². The predicted molar refractivity (Wildman–Crippen MR) is 55.6 cm³/mol. The van der Waals surface area contributed by atoms with Crippen LogP contribution in [0.4, 0.5) is 0 Å². The van der Waals surface area contributed by atoms with Gasteiger partial charge in [-0.3, -0.25) is 0 Å². The van der Waals surface area contributed by atoms with Crippen molar-refractivity contribution >= 4 is 0 Å². The van der Waals surface area contributed by atoms with Gasteiger partial charge in [-0.15, -0.1) is 0 Å². The fourth-order valence-corrected chi connectivity index (χ4v) is 2.51. The van der Waals surface area contributed by atoms with Crippen molar-refractivity contribution in [3.05, 3.63) is 0 Å². The van der Waals surface area contributed by atoms with Gasteiger partial charge in [0.25, 0.3) is 0 Å². The molecule has 0 aromatic carbocycles. The predicted octanol–water partition coefficient (Wildman–Crippen LogP) is 2.17. The molecule has 0 saturated carbocycles. The van der Waals surface area contributed by atoms with Gasteiger partial charge in [0.15, 0.2) is 0 Å². The topological polar surface area (TPSA) is 35.2 Å². The second kappa shape index (κ2) is 3.25. The van der Waals surface area contributed by atoms with Crippen LogP contribution in [-0.2, 0) is 4.74 Å². The lowest BCUT2D eigenvalue weighted by molar-refractivity contribution is 0.0445. The second-order valence-electron chi connectivity index (χ2n) is 5.30. The summed E-state index contributed by atoms with van der Waals surface area (Å²) in [6, 6.07) is 0.178. The zero-order chi connectivity index (χ0) is 10.3. The van der Waals surface area contributed by atoms with Crippen LogP contribution in [0.5, 0.6) is 0 Å². The van der Waals surface area contributed by atoms with Gasteiger partial charge < -0.3 is 10.5 Å². The lowest BCUT2D eigenvalue weighted by Gasteiger charge is -2.43. The Morgan fingerprint density at radius 2 is 2.00 bits per heavy atom. The minimum absolute atomic E-state index is 0.159. The third-order valence-electron chi connectivity index (χ3n) is 3.87. The standard InChI is InChI=1S/C11H23NO/c1-6-11(10(3,4)5)7-13-8(2)9(11)12/h8-9H,6-7,12H2,1-5H3/t8-,9+,11?/m0/s1. The Balaban J connectivity index is 2.95. The minimum Gasteiger partial charge on any atom is -0.376 e. The second-order valence-corrected chi connectivity index (χ2v) is 5.30. The molecule has 3 atom stereocenters. The first-order valence-corrected chi connectivity index (χ1v) is 5.22. The third-order valence-corrected chi connectivity index (χ3v) is 3.87. The smallest absolute Gasteiger partial charge is 0.0704 e. The monoisotopic (exact) mass is 185 g/mol. The van der Waals surface area contributed by atoms with Gasteiger partial charge in [0.1, 0.15) is 0 Å². The number of nitrogens with two attached hydrogens (primary N) is 1. The number of rotatable bonds is 1. The van der Waals surface area contributed by atoms with E-state index in [1.54, 1.807) is 0 Å². The highest BCUT2D eigenvalue weighted by atomic mass is 16.5. The molecule has 2 heteroatoms. The van der Waals surface area contributed by atoms with Gasteiger partial charge in [0.2, 0.25) is 0 Å². The van der Waals surface area contributed by atoms with Crippen molar-refractivity contribution in [2.75, 3.05) is 6.61 Å². The molecule has 78 valence electrons. The van der Waals surface area contributed by atoms with Crippen molar-refractivity contribution < 1.29 is 4.74 Å². The molecular formula is C11H23NO. The third kappa shape index (κ3) is 1.50. The summed E-state index contributed by atoms with van der Waals surface area (Å²) in [7, 11) is 0. The Kier molecular flexibility index (Phi) is 2.75. The van der Waals surface area contributed by atoms with Crippen LogP contribution in [0.15, 0.2) is 0 Å². The molecule has 0 aromatic rings. The SMILES string of the molecule is CCC1(C(C)(C)C)CO[C@@H](C)[C@H]1N. The van der Waals surface area contributed by atoms with Crippen molar-refractivity contribution in [2.45, 2.75) is 53.2 Å². The van der Waals surface area contributed by atoms with Gasteiger partial charge in [0.05, 0.1) is 12.7 Å². The van der Waals surface area contributed by atoms with Crippen LogP contribution in [0.2, 0.25) is 0 Å². The largest absolute Gasteiger partial charge is 0.376 e.